The van der Waals surface area contributed by atoms with Gasteiger partial charge in [-0.25, -0.2) is 0 Å². The van der Waals surface area contributed by atoms with Gasteiger partial charge in [0.2, 0.25) is 0 Å². The zero-order chi connectivity index (χ0) is 12.0. The summed E-state index contributed by atoms with van der Waals surface area (Å²) in [5.41, 5.74) is 1.18. The van der Waals surface area contributed by atoms with Gasteiger partial charge in [0.25, 0.3) is 0 Å². The van der Waals surface area contributed by atoms with Gasteiger partial charge in [0, 0.05) is 18.7 Å². The van der Waals surface area contributed by atoms with Crippen LogP contribution in [-0.2, 0) is 6.54 Å². The Labute approximate surface area is 97.4 Å². The highest BCUT2D eigenvalue weighted by Crippen LogP contribution is 2.11. The summed E-state index contributed by atoms with van der Waals surface area (Å²) in [6.07, 6.45) is 4.89. The summed E-state index contributed by atoms with van der Waals surface area (Å²) in [4.78, 5) is 2.10. The highest BCUT2D eigenvalue weighted by Gasteiger charge is 2.09. The summed E-state index contributed by atoms with van der Waals surface area (Å²) in [6, 6.07) is 1.97. The molecule has 0 fully saturated rings. The number of aliphatic hydroxyl groups is 1. The maximum atomic E-state index is 9.74. The van der Waals surface area contributed by atoms with E-state index in [1.807, 2.05) is 26.1 Å². The first-order valence-electron chi connectivity index (χ1n) is 5.64. The second kappa shape index (κ2) is 6.51. The van der Waals surface area contributed by atoms with Gasteiger partial charge in [0.1, 0.15) is 5.76 Å². The Morgan fingerprint density at radius 2 is 2.38 bits per heavy atom. The van der Waals surface area contributed by atoms with Crippen LogP contribution in [0.1, 0.15) is 24.2 Å². The molecule has 0 bridgehead atoms. The maximum Gasteiger partial charge on any atom is 0.105 e. The van der Waals surface area contributed by atoms with E-state index in [1.54, 1.807) is 6.26 Å². The highest BCUT2D eigenvalue weighted by atomic mass is 16.3. The lowest BCUT2D eigenvalue weighted by Crippen LogP contribution is -2.28. The topological polar surface area (TPSA) is 36.6 Å². The van der Waals surface area contributed by atoms with Crippen LogP contribution in [0.15, 0.2) is 29.4 Å². The summed E-state index contributed by atoms with van der Waals surface area (Å²) < 4.78 is 5.23. The molecule has 3 heteroatoms. The minimum Gasteiger partial charge on any atom is -0.469 e. The van der Waals surface area contributed by atoms with E-state index in [0.29, 0.717) is 6.54 Å². The van der Waals surface area contributed by atoms with Crippen molar-refractivity contribution < 1.29 is 9.52 Å². The molecule has 0 amide bonds. The molecule has 1 aromatic heterocycles. The van der Waals surface area contributed by atoms with E-state index < -0.39 is 0 Å². The van der Waals surface area contributed by atoms with Crippen LogP contribution in [0, 0.1) is 6.92 Å². The van der Waals surface area contributed by atoms with Crippen molar-refractivity contribution in [1.29, 1.82) is 0 Å². The lowest BCUT2D eigenvalue weighted by Gasteiger charge is -2.19. The molecule has 0 aliphatic carbocycles. The summed E-state index contributed by atoms with van der Waals surface area (Å²) in [6.45, 7) is 7.09. The van der Waals surface area contributed by atoms with E-state index in [2.05, 4.69) is 11.5 Å². The molecular weight excluding hydrogens is 202 g/mol. The predicted octanol–water partition coefficient (Wildman–Crippen LogP) is 2.35. The third-order valence-electron chi connectivity index (χ3n) is 2.63. The van der Waals surface area contributed by atoms with Gasteiger partial charge in [0.05, 0.1) is 12.4 Å². The van der Waals surface area contributed by atoms with E-state index in [0.717, 1.165) is 25.1 Å². The lowest BCUT2D eigenvalue weighted by atomic mass is 10.2. The van der Waals surface area contributed by atoms with Crippen molar-refractivity contribution >= 4 is 0 Å². The molecular formula is C13H21NO2. The Bertz CT molecular complexity index is 319. The van der Waals surface area contributed by atoms with Gasteiger partial charge in [-0.15, -0.1) is 6.58 Å². The predicted molar refractivity (Wildman–Crippen MR) is 65.2 cm³/mol. The molecule has 16 heavy (non-hydrogen) atoms. The standard InChI is InChI=1S/C13H21NO2/c1-4-5-6-13(15)10-14(3)9-12-7-8-16-11(12)2/h4,7-8,13,15H,1,5-6,9-10H2,2-3H3. The number of hydrogen-bond acceptors (Lipinski definition) is 3. The van der Waals surface area contributed by atoms with Crippen molar-refractivity contribution in [1.82, 2.24) is 4.90 Å². The van der Waals surface area contributed by atoms with E-state index in [1.165, 1.54) is 5.56 Å². The van der Waals surface area contributed by atoms with Crippen LogP contribution >= 0.6 is 0 Å². The zero-order valence-electron chi connectivity index (χ0n) is 10.1. The Hall–Kier alpha value is -1.06. The normalized spacial score (nSPS) is 13.0. The highest BCUT2D eigenvalue weighted by molar-refractivity contribution is 5.14. The van der Waals surface area contributed by atoms with Crippen LogP contribution in [0.3, 0.4) is 0 Å². The molecule has 0 radical (unpaired) electrons. The van der Waals surface area contributed by atoms with Crippen LogP contribution in [0.4, 0.5) is 0 Å². The number of likely N-dealkylation sites (N-methyl/N-ethyl adjacent to an activating group) is 1. The molecule has 0 saturated heterocycles. The van der Waals surface area contributed by atoms with Crippen molar-refractivity contribution in [2.75, 3.05) is 13.6 Å². The molecule has 0 aliphatic heterocycles. The van der Waals surface area contributed by atoms with Crippen molar-refractivity contribution in [3.63, 3.8) is 0 Å². The lowest BCUT2D eigenvalue weighted by molar-refractivity contribution is 0.116. The molecule has 3 nitrogen and oxygen atoms in total. The largest absolute Gasteiger partial charge is 0.469 e. The first-order valence-corrected chi connectivity index (χ1v) is 5.64. The van der Waals surface area contributed by atoms with Crippen LogP contribution in [0.5, 0.6) is 0 Å². The fourth-order valence-corrected chi connectivity index (χ4v) is 1.69. The maximum absolute atomic E-state index is 9.74. The van der Waals surface area contributed by atoms with Crippen LogP contribution in [0.25, 0.3) is 0 Å². The Kier molecular flexibility index (Phi) is 5.29. The number of allylic oxidation sites excluding steroid dienone is 1. The second-order valence-corrected chi connectivity index (χ2v) is 4.22. The number of nitrogens with zero attached hydrogens (tertiary/aromatic N) is 1. The number of rotatable bonds is 7. The third-order valence-corrected chi connectivity index (χ3v) is 2.63. The fourth-order valence-electron chi connectivity index (χ4n) is 1.69. The summed E-state index contributed by atoms with van der Waals surface area (Å²) in [7, 11) is 2.00. The molecule has 90 valence electrons. The zero-order valence-corrected chi connectivity index (χ0v) is 10.1. The van der Waals surface area contributed by atoms with Crippen molar-refractivity contribution in [2.45, 2.75) is 32.4 Å². The Balaban J connectivity index is 2.33. The van der Waals surface area contributed by atoms with Gasteiger partial charge in [-0.1, -0.05) is 6.08 Å². The molecule has 1 atom stereocenters. The number of hydrogen-bond donors (Lipinski definition) is 1. The molecule has 1 heterocycles. The van der Waals surface area contributed by atoms with Gasteiger partial charge < -0.3 is 9.52 Å². The van der Waals surface area contributed by atoms with Gasteiger partial charge in [0.15, 0.2) is 0 Å². The molecule has 1 rings (SSSR count). The van der Waals surface area contributed by atoms with E-state index in [9.17, 15) is 5.11 Å². The van der Waals surface area contributed by atoms with Gasteiger partial charge in [-0.3, -0.25) is 4.90 Å². The quantitative estimate of drug-likeness (QED) is 0.721. The van der Waals surface area contributed by atoms with E-state index in [-0.39, 0.29) is 6.10 Å². The molecule has 1 unspecified atom stereocenters. The number of aryl methyl sites for hydroxylation is 1. The number of aliphatic hydroxyl groups excluding tert-OH is 1. The number of furan rings is 1. The molecule has 1 aromatic rings. The van der Waals surface area contributed by atoms with Gasteiger partial charge in [-0.2, -0.15) is 0 Å². The van der Waals surface area contributed by atoms with E-state index >= 15 is 0 Å². The van der Waals surface area contributed by atoms with Crippen LogP contribution in [-0.4, -0.2) is 29.7 Å². The fraction of sp³-hybridized carbons (Fsp3) is 0.538. The SMILES string of the molecule is C=CCCC(O)CN(C)Cc1ccoc1C. The minimum atomic E-state index is -0.282. The Morgan fingerprint density at radius 3 is 2.94 bits per heavy atom. The molecule has 0 saturated carbocycles. The Morgan fingerprint density at radius 1 is 1.62 bits per heavy atom. The summed E-state index contributed by atoms with van der Waals surface area (Å²) >= 11 is 0. The van der Waals surface area contributed by atoms with E-state index in [4.69, 9.17) is 4.42 Å². The smallest absolute Gasteiger partial charge is 0.105 e. The molecule has 0 aliphatic rings. The average Bonchev–Trinajstić information content (AvgIpc) is 2.61. The van der Waals surface area contributed by atoms with Crippen LogP contribution < -0.4 is 0 Å². The minimum absolute atomic E-state index is 0.282. The first kappa shape index (κ1) is 13.0. The molecule has 0 spiro atoms. The van der Waals surface area contributed by atoms with Gasteiger partial charge in [-0.05, 0) is 32.9 Å². The first-order chi connectivity index (χ1) is 7.63. The molecule has 0 aromatic carbocycles. The second-order valence-electron chi connectivity index (χ2n) is 4.22. The van der Waals surface area contributed by atoms with Crippen molar-refractivity contribution in [3.05, 3.63) is 36.3 Å². The average molecular weight is 223 g/mol. The summed E-state index contributed by atoms with van der Waals surface area (Å²) in [5.74, 6) is 0.951. The summed E-state index contributed by atoms with van der Waals surface area (Å²) in [5, 5.41) is 9.74. The third kappa shape index (κ3) is 4.21. The van der Waals surface area contributed by atoms with Gasteiger partial charge >= 0.3 is 0 Å². The molecule has 1 N–H and O–H groups in total. The monoisotopic (exact) mass is 223 g/mol. The van der Waals surface area contributed by atoms with Crippen LogP contribution in [0.2, 0.25) is 0 Å². The van der Waals surface area contributed by atoms with Crippen molar-refractivity contribution in [3.8, 4) is 0 Å². The van der Waals surface area contributed by atoms with Crippen molar-refractivity contribution in [2.24, 2.45) is 0 Å².